The van der Waals surface area contributed by atoms with Gasteiger partial charge < -0.3 is 33.2 Å². The first-order chi connectivity index (χ1) is 21.3. The van der Waals surface area contributed by atoms with E-state index in [1.807, 2.05) is 54.6 Å². The zero-order valence-electron chi connectivity index (χ0n) is 25.5. The molecule has 0 aliphatic carbocycles. The van der Waals surface area contributed by atoms with Crippen molar-refractivity contribution in [3.8, 4) is 0 Å². The maximum atomic E-state index is 6.26. The largest absolute Gasteiger partial charge is 0.376 e. The van der Waals surface area contributed by atoms with Gasteiger partial charge >= 0.3 is 0 Å². The van der Waals surface area contributed by atoms with E-state index in [1.54, 1.807) is 0 Å². The first kappa shape index (κ1) is 33.3. The molecule has 0 N–H and O–H groups in total. The Morgan fingerprint density at radius 2 is 1.02 bits per heavy atom. The molecule has 0 saturated carbocycles. The van der Waals surface area contributed by atoms with Crippen LogP contribution in [0.1, 0.15) is 49.3 Å². The number of hydrogen-bond acceptors (Lipinski definition) is 7. The van der Waals surface area contributed by atoms with Gasteiger partial charge in [-0.3, -0.25) is 0 Å². The zero-order chi connectivity index (χ0) is 29.8. The van der Waals surface area contributed by atoms with Gasteiger partial charge in [-0.25, -0.2) is 0 Å². The van der Waals surface area contributed by atoms with E-state index in [9.17, 15) is 0 Å². The van der Waals surface area contributed by atoms with Crippen LogP contribution in [0.5, 0.6) is 0 Å². The fourth-order valence-corrected chi connectivity index (χ4v) is 4.66. The standard InChI is InChI=1S/C36H48O7/c1-2-33(40-22-30-14-6-3-7-15-30)25-37-26-34(41-23-31-16-8-4-9-17-31)27-38-28-35(29-43-36-20-12-13-21-39-36)42-24-32-18-10-5-11-19-32/h3-11,14-19,33-36H,2,12-13,20-29H2,1H3. The minimum atomic E-state index is -0.246. The summed E-state index contributed by atoms with van der Waals surface area (Å²) in [5.41, 5.74) is 3.37. The third-order valence-corrected chi connectivity index (χ3v) is 7.26. The highest BCUT2D eigenvalue weighted by Gasteiger charge is 2.20. The van der Waals surface area contributed by atoms with E-state index in [1.165, 1.54) is 0 Å². The monoisotopic (exact) mass is 592 g/mol. The van der Waals surface area contributed by atoms with E-state index in [-0.39, 0.29) is 24.6 Å². The second-order valence-corrected chi connectivity index (χ2v) is 10.9. The van der Waals surface area contributed by atoms with Crippen LogP contribution in [-0.2, 0) is 53.0 Å². The maximum absolute atomic E-state index is 6.26. The molecule has 3 aromatic rings. The Balaban J connectivity index is 1.26. The molecule has 1 aliphatic rings. The SMILES string of the molecule is CCC(COCC(COCC(COC1CCCCO1)OCc1ccccc1)OCc1ccccc1)OCc1ccccc1. The van der Waals surface area contributed by atoms with Gasteiger partial charge in [0.05, 0.1) is 59.0 Å². The van der Waals surface area contributed by atoms with Crippen molar-refractivity contribution in [2.75, 3.05) is 39.6 Å². The predicted molar refractivity (Wildman–Crippen MR) is 167 cm³/mol. The Labute approximate surface area is 257 Å². The second-order valence-electron chi connectivity index (χ2n) is 10.9. The quantitative estimate of drug-likeness (QED) is 0.136. The second kappa shape index (κ2) is 20.4. The van der Waals surface area contributed by atoms with Gasteiger partial charge in [0.2, 0.25) is 0 Å². The first-order valence-electron chi connectivity index (χ1n) is 15.6. The van der Waals surface area contributed by atoms with Crippen LogP contribution in [0, 0.1) is 0 Å². The summed E-state index contributed by atoms with van der Waals surface area (Å²) in [6.07, 6.45) is 3.32. The molecular formula is C36H48O7. The van der Waals surface area contributed by atoms with Crippen LogP contribution in [0.3, 0.4) is 0 Å². The maximum Gasteiger partial charge on any atom is 0.157 e. The fraction of sp³-hybridized carbons (Fsp3) is 0.500. The summed E-state index contributed by atoms with van der Waals surface area (Å²) in [6.45, 7) is 6.44. The molecule has 7 heteroatoms. The van der Waals surface area contributed by atoms with E-state index >= 15 is 0 Å². The Morgan fingerprint density at radius 1 is 0.581 bits per heavy atom. The molecular weight excluding hydrogens is 544 g/mol. The van der Waals surface area contributed by atoms with Gasteiger partial charge in [0.25, 0.3) is 0 Å². The minimum Gasteiger partial charge on any atom is -0.376 e. The van der Waals surface area contributed by atoms with Gasteiger partial charge in [-0.05, 0) is 42.4 Å². The lowest BCUT2D eigenvalue weighted by atomic mass is 10.2. The molecule has 0 amide bonds. The van der Waals surface area contributed by atoms with Crippen LogP contribution >= 0.6 is 0 Å². The molecule has 4 unspecified atom stereocenters. The number of ether oxygens (including phenoxy) is 7. The van der Waals surface area contributed by atoms with Crippen molar-refractivity contribution in [1.29, 1.82) is 0 Å². The molecule has 4 atom stereocenters. The van der Waals surface area contributed by atoms with Crippen LogP contribution < -0.4 is 0 Å². The van der Waals surface area contributed by atoms with Crippen molar-refractivity contribution in [2.24, 2.45) is 0 Å². The van der Waals surface area contributed by atoms with Gasteiger partial charge in [-0.2, -0.15) is 0 Å². The lowest BCUT2D eigenvalue weighted by Gasteiger charge is -2.26. The smallest absolute Gasteiger partial charge is 0.157 e. The Hall–Kier alpha value is -2.62. The Kier molecular flexibility index (Phi) is 15.8. The van der Waals surface area contributed by atoms with Gasteiger partial charge in [0, 0.05) is 6.61 Å². The number of rotatable bonds is 21. The summed E-state index contributed by atoms with van der Waals surface area (Å²) in [5, 5.41) is 0. The summed E-state index contributed by atoms with van der Waals surface area (Å²) >= 11 is 0. The third kappa shape index (κ3) is 13.7. The van der Waals surface area contributed by atoms with Crippen LogP contribution in [0.25, 0.3) is 0 Å². The molecule has 234 valence electrons. The van der Waals surface area contributed by atoms with E-state index < -0.39 is 0 Å². The summed E-state index contributed by atoms with van der Waals surface area (Å²) in [7, 11) is 0. The number of benzene rings is 3. The first-order valence-corrected chi connectivity index (χ1v) is 15.6. The van der Waals surface area contributed by atoms with Crippen molar-refractivity contribution >= 4 is 0 Å². The van der Waals surface area contributed by atoms with E-state index in [2.05, 4.69) is 43.3 Å². The summed E-state index contributed by atoms with van der Waals surface area (Å²) < 4.78 is 42.7. The van der Waals surface area contributed by atoms with Crippen molar-refractivity contribution in [2.45, 2.75) is 77.0 Å². The highest BCUT2D eigenvalue weighted by Crippen LogP contribution is 2.15. The van der Waals surface area contributed by atoms with Gasteiger partial charge in [-0.1, -0.05) is 97.9 Å². The topological polar surface area (TPSA) is 64.6 Å². The molecule has 4 rings (SSSR count). The summed E-state index contributed by atoms with van der Waals surface area (Å²) in [6, 6.07) is 30.5. The third-order valence-electron chi connectivity index (χ3n) is 7.26. The van der Waals surface area contributed by atoms with Crippen LogP contribution in [0.4, 0.5) is 0 Å². The predicted octanol–water partition coefficient (Wildman–Crippen LogP) is 6.73. The minimum absolute atomic E-state index is 0.00539. The lowest BCUT2D eigenvalue weighted by Crippen LogP contribution is -2.33. The van der Waals surface area contributed by atoms with Gasteiger partial charge in [0.1, 0.15) is 12.2 Å². The van der Waals surface area contributed by atoms with Crippen LogP contribution in [-0.4, -0.2) is 64.2 Å². The molecule has 0 bridgehead atoms. The average molecular weight is 593 g/mol. The zero-order valence-corrected chi connectivity index (χ0v) is 25.5. The average Bonchev–Trinajstić information content (AvgIpc) is 3.07. The Morgan fingerprint density at radius 3 is 1.47 bits per heavy atom. The van der Waals surface area contributed by atoms with E-state index in [0.717, 1.165) is 49.0 Å². The van der Waals surface area contributed by atoms with Gasteiger partial charge in [-0.15, -0.1) is 0 Å². The lowest BCUT2D eigenvalue weighted by molar-refractivity contribution is -0.187. The molecule has 7 nitrogen and oxygen atoms in total. The Bertz CT molecular complexity index is 1080. The highest BCUT2D eigenvalue weighted by atomic mass is 16.7. The highest BCUT2D eigenvalue weighted by molar-refractivity contribution is 5.14. The molecule has 1 fully saturated rings. The molecule has 43 heavy (non-hydrogen) atoms. The van der Waals surface area contributed by atoms with Gasteiger partial charge in [0.15, 0.2) is 6.29 Å². The molecule has 1 saturated heterocycles. The number of hydrogen-bond donors (Lipinski definition) is 0. The van der Waals surface area contributed by atoms with Crippen LogP contribution in [0.2, 0.25) is 0 Å². The fourth-order valence-electron chi connectivity index (χ4n) is 4.66. The molecule has 3 aromatic carbocycles. The van der Waals surface area contributed by atoms with E-state index in [4.69, 9.17) is 33.2 Å². The molecule has 1 aliphatic heterocycles. The molecule has 0 spiro atoms. The van der Waals surface area contributed by atoms with Crippen LogP contribution in [0.15, 0.2) is 91.0 Å². The van der Waals surface area contributed by atoms with Crippen molar-refractivity contribution in [3.05, 3.63) is 108 Å². The molecule has 0 aromatic heterocycles. The van der Waals surface area contributed by atoms with E-state index in [0.29, 0.717) is 52.9 Å². The summed E-state index contributed by atoms with van der Waals surface area (Å²) in [4.78, 5) is 0. The normalized spacial score (nSPS) is 17.4. The molecule has 0 radical (unpaired) electrons. The molecule has 1 heterocycles. The van der Waals surface area contributed by atoms with Crippen molar-refractivity contribution < 1.29 is 33.2 Å². The van der Waals surface area contributed by atoms with Crippen molar-refractivity contribution in [3.63, 3.8) is 0 Å². The van der Waals surface area contributed by atoms with Crippen molar-refractivity contribution in [1.82, 2.24) is 0 Å². The summed E-state index contributed by atoms with van der Waals surface area (Å²) in [5.74, 6) is 0.